The SMILES string of the molecule is CCCCOC(=O)NCCCCCC(=O)OCC(CO)OC(C)(C)C. The van der Waals surface area contributed by atoms with Gasteiger partial charge in [-0.3, -0.25) is 4.79 Å². The summed E-state index contributed by atoms with van der Waals surface area (Å²) in [4.78, 5) is 23.0. The summed E-state index contributed by atoms with van der Waals surface area (Å²) in [6.07, 6.45) is 3.56. The van der Waals surface area contributed by atoms with Crippen LogP contribution in [0.3, 0.4) is 0 Å². The lowest BCUT2D eigenvalue weighted by molar-refractivity contribution is -0.155. The number of unbranched alkanes of at least 4 members (excludes halogenated alkanes) is 3. The van der Waals surface area contributed by atoms with Crippen LogP contribution in [0, 0.1) is 0 Å². The molecular formula is C18H35NO6. The second-order valence-corrected chi connectivity index (χ2v) is 6.94. The Balaban J connectivity index is 3.62. The lowest BCUT2D eigenvalue weighted by Crippen LogP contribution is -2.34. The number of hydrogen-bond acceptors (Lipinski definition) is 6. The Hall–Kier alpha value is -1.34. The highest BCUT2D eigenvalue weighted by Crippen LogP contribution is 2.11. The molecule has 7 nitrogen and oxygen atoms in total. The van der Waals surface area contributed by atoms with Crippen molar-refractivity contribution in [3.05, 3.63) is 0 Å². The van der Waals surface area contributed by atoms with E-state index in [2.05, 4.69) is 5.32 Å². The van der Waals surface area contributed by atoms with Crippen LogP contribution in [-0.2, 0) is 19.0 Å². The molecule has 0 saturated carbocycles. The average molecular weight is 361 g/mol. The van der Waals surface area contributed by atoms with Crippen molar-refractivity contribution < 1.29 is 28.9 Å². The number of amides is 1. The highest BCUT2D eigenvalue weighted by molar-refractivity contribution is 5.69. The van der Waals surface area contributed by atoms with Gasteiger partial charge in [-0.25, -0.2) is 4.79 Å². The number of carbonyl (C=O) groups is 2. The Morgan fingerprint density at radius 3 is 2.40 bits per heavy atom. The largest absolute Gasteiger partial charge is 0.463 e. The van der Waals surface area contributed by atoms with Crippen LogP contribution < -0.4 is 5.32 Å². The lowest BCUT2D eigenvalue weighted by Gasteiger charge is -2.26. The molecule has 0 aromatic carbocycles. The van der Waals surface area contributed by atoms with Crippen molar-refractivity contribution in [2.24, 2.45) is 0 Å². The standard InChI is InChI=1S/C18H35NO6/c1-5-6-12-23-17(22)19-11-9-7-8-10-16(21)24-14-15(13-20)25-18(2,3)4/h15,20H,5-14H2,1-4H3,(H,19,22). The number of esters is 1. The second kappa shape index (κ2) is 13.9. The molecule has 25 heavy (non-hydrogen) atoms. The van der Waals surface area contributed by atoms with Gasteiger partial charge in [0.2, 0.25) is 0 Å². The molecule has 0 aliphatic rings. The molecule has 0 saturated heterocycles. The van der Waals surface area contributed by atoms with Gasteiger partial charge in [-0.05, 0) is 40.0 Å². The van der Waals surface area contributed by atoms with Gasteiger partial charge >= 0.3 is 12.1 Å². The molecule has 0 bridgehead atoms. The van der Waals surface area contributed by atoms with Crippen molar-refractivity contribution in [3.8, 4) is 0 Å². The zero-order valence-corrected chi connectivity index (χ0v) is 16.1. The minimum atomic E-state index is -0.508. The van der Waals surface area contributed by atoms with E-state index >= 15 is 0 Å². The van der Waals surface area contributed by atoms with E-state index in [0.29, 0.717) is 26.0 Å². The van der Waals surface area contributed by atoms with Crippen molar-refractivity contribution in [2.45, 2.75) is 77.9 Å². The van der Waals surface area contributed by atoms with E-state index in [0.717, 1.165) is 25.7 Å². The van der Waals surface area contributed by atoms with Crippen molar-refractivity contribution in [1.82, 2.24) is 5.32 Å². The number of aliphatic hydroxyl groups is 1. The molecule has 0 spiro atoms. The molecule has 1 unspecified atom stereocenters. The first-order valence-electron chi connectivity index (χ1n) is 9.13. The number of aliphatic hydroxyl groups excluding tert-OH is 1. The van der Waals surface area contributed by atoms with Gasteiger partial charge in [0, 0.05) is 13.0 Å². The van der Waals surface area contributed by atoms with Gasteiger partial charge < -0.3 is 24.6 Å². The van der Waals surface area contributed by atoms with Crippen LogP contribution in [0.2, 0.25) is 0 Å². The smallest absolute Gasteiger partial charge is 0.407 e. The Labute approximate surface area is 151 Å². The third-order valence-electron chi connectivity index (χ3n) is 3.21. The number of nitrogens with one attached hydrogen (secondary N) is 1. The fourth-order valence-electron chi connectivity index (χ4n) is 2.00. The zero-order chi connectivity index (χ0) is 19.1. The van der Waals surface area contributed by atoms with Crippen LogP contribution in [0.15, 0.2) is 0 Å². The zero-order valence-electron chi connectivity index (χ0n) is 16.1. The molecule has 0 rings (SSSR count). The van der Waals surface area contributed by atoms with E-state index in [-0.39, 0.29) is 25.3 Å². The Morgan fingerprint density at radius 2 is 1.80 bits per heavy atom. The summed E-state index contributed by atoms with van der Waals surface area (Å²) in [5.74, 6) is -0.303. The van der Waals surface area contributed by atoms with E-state index in [9.17, 15) is 14.7 Å². The maximum absolute atomic E-state index is 11.7. The van der Waals surface area contributed by atoms with Crippen molar-refractivity contribution in [3.63, 3.8) is 0 Å². The number of alkyl carbamates (subject to hydrolysis) is 1. The number of rotatable bonds is 13. The van der Waals surface area contributed by atoms with Crippen molar-refractivity contribution in [1.29, 1.82) is 0 Å². The minimum Gasteiger partial charge on any atom is -0.463 e. The quantitative estimate of drug-likeness (QED) is 0.387. The molecule has 0 aromatic heterocycles. The van der Waals surface area contributed by atoms with E-state index < -0.39 is 11.7 Å². The summed E-state index contributed by atoms with van der Waals surface area (Å²) in [5, 5.41) is 11.9. The molecule has 0 aromatic rings. The summed E-state index contributed by atoms with van der Waals surface area (Å²) >= 11 is 0. The van der Waals surface area contributed by atoms with E-state index in [4.69, 9.17) is 14.2 Å². The summed E-state index contributed by atoms with van der Waals surface area (Å²) < 4.78 is 15.7. The monoisotopic (exact) mass is 361 g/mol. The van der Waals surface area contributed by atoms with Crippen LogP contribution >= 0.6 is 0 Å². The first-order chi connectivity index (χ1) is 11.8. The summed E-state index contributed by atoms with van der Waals surface area (Å²) in [5.41, 5.74) is -0.398. The second-order valence-electron chi connectivity index (χ2n) is 6.94. The lowest BCUT2D eigenvalue weighted by atomic mass is 10.2. The third kappa shape index (κ3) is 15.9. The minimum absolute atomic E-state index is 0.0533. The molecule has 7 heteroatoms. The van der Waals surface area contributed by atoms with Gasteiger partial charge in [-0.1, -0.05) is 19.8 Å². The highest BCUT2D eigenvalue weighted by atomic mass is 16.6. The highest BCUT2D eigenvalue weighted by Gasteiger charge is 2.19. The van der Waals surface area contributed by atoms with E-state index in [1.165, 1.54) is 0 Å². The molecule has 0 aliphatic carbocycles. The normalized spacial score (nSPS) is 12.5. The van der Waals surface area contributed by atoms with Crippen LogP contribution in [0.25, 0.3) is 0 Å². The number of ether oxygens (including phenoxy) is 3. The molecule has 1 atom stereocenters. The van der Waals surface area contributed by atoms with E-state index in [1.807, 2.05) is 27.7 Å². The summed E-state index contributed by atoms with van der Waals surface area (Å²) in [6.45, 7) is 8.52. The van der Waals surface area contributed by atoms with Crippen molar-refractivity contribution >= 4 is 12.1 Å². The van der Waals surface area contributed by atoms with E-state index in [1.54, 1.807) is 0 Å². The average Bonchev–Trinajstić information content (AvgIpc) is 2.53. The van der Waals surface area contributed by atoms with Gasteiger partial charge in [0.1, 0.15) is 12.7 Å². The Kier molecular flexibility index (Phi) is 13.2. The van der Waals surface area contributed by atoms with Crippen LogP contribution in [0.1, 0.15) is 66.2 Å². The predicted molar refractivity (Wildman–Crippen MR) is 95.4 cm³/mol. The van der Waals surface area contributed by atoms with Crippen LogP contribution in [0.5, 0.6) is 0 Å². The van der Waals surface area contributed by atoms with Gasteiger partial charge in [0.25, 0.3) is 0 Å². The first kappa shape index (κ1) is 23.7. The Morgan fingerprint density at radius 1 is 1.08 bits per heavy atom. The molecule has 1 amide bonds. The molecular weight excluding hydrogens is 326 g/mol. The Bertz CT molecular complexity index is 367. The topological polar surface area (TPSA) is 94.1 Å². The van der Waals surface area contributed by atoms with Crippen LogP contribution in [-0.4, -0.2) is 55.2 Å². The molecule has 0 fully saturated rings. The van der Waals surface area contributed by atoms with Gasteiger partial charge in [0.15, 0.2) is 0 Å². The molecule has 0 heterocycles. The molecule has 2 N–H and O–H groups in total. The third-order valence-corrected chi connectivity index (χ3v) is 3.21. The fourth-order valence-corrected chi connectivity index (χ4v) is 2.00. The van der Waals surface area contributed by atoms with Gasteiger partial charge in [-0.15, -0.1) is 0 Å². The molecule has 0 radical (unpaired) electrons. The van der Waals surface area contributed by atoms with Crippen molar-refractivity contribution in [2.75, 3.05) is 26.4 Å². The predicted octanol–water partition coefficient (Wildman–Crippen LogP) is 2.79. The fraction of sp³-hybridized carbons (Fsp3) is 0.889. The number of hydrogen-bond donors (Lipinski definition) is 2. The van der Waals surface area contributed by atoms with Gasteiger partial charge in [-0.2, -0.15) is 0 Å². The maximum Gasteiger partial charge on any atom is 0.407 e. The maximum atomic E-state index is 11.7. The number of carbonyl (C=O) groups excluding carboxylic acids is 2. The van der Waals surface area contributed by atoms with Crippen LogP contribution in [0.4, 0.5) is 4.79 Å². The molecule has 148 valence electrons. The summed E-state index contributed by atoms with van der Waals surface area (Å²) in [6, 6.07) is 0. The van der Waals surface area contributed by atoms with Gasteiger partial charge in [0.05, 0.1) is 18.8 Å². The summed E-state index contributed by atoms with van der Waals surface area (Å²) in [7, 11) is 0. The molecule has 0 aliphatic heterocycles. The first-order valence-corrected chi connectivity index (χ1v) is 9.13.